The van der Waals surface area contributed by atoms with Gasteiger partial charge in [-0.1, -0.05) is 18.2 Å². The molecule has 2 nitrogen and oxygen atoms in total. The summed E-state index contributed by atoms with van der Waals surface area (Å²) in [6, 6.07) is 13.0. The van der Waals surface area contributed by atoms with Crippen molar-refractivity contribution < 1.29 is 0 Å². The maximum atomic E-state index is 4.25. The Balaban J connectivity index is 2.03. The number of rotatable bonds is 1. The van der Waals surface area contributed by atoms with Crippen LogP contribution in [-0.2, 0) is 7.05 Å². The molecule has 0 saturated heterocycles. The second kappa shape index (κ2) is 4.43. The van der Waals surface area contributed by atoms with Gasteiger partial charge in [0.05, 0.1) is 6.20 Å². The highest BCUT2D eigenvalue weighted by atomic mass is 79.9. The predicted octanol–water partition coefficient (Wildman–Crippen LogP) is 5.22. The van der Waals surface area contributed by atoms with Crippen LogP contribution in [0, 0.1) is 0 Å². The molecule has 0 unspecified atom stereocenters. The highest BCUT2D eigenvalue weighted by Gasteiger charge is 2.09. The zero-order valence-electron chi connectivity index (χ0n) is 10.8. The molecule has 0 spiro atoms. The minimum absolute atomic E-state index is 1.16. The predicted molar refractivity (Wildman–Crippen MR) is 89.2 cm³/mol. The van der Waals surface area contributed by atoms with Crippen LogP contribution < -0.4 is 0 Å². The second-order valence-corrected chi connectivity index (χ2v) is 6.74. The molecule has 4 rings (SSSR count). The number of thiophene rings is 1. The van der Waals surface area contributed by atoms with Gasteiger partial charge in [-0.3, -0.25) is 4.68 Å². The van der Waals surface area contributed by atoms with Crippen LogP contribution >= 0.6 is 27.3 Å². The number of aromatic nitrogens is 2. The lowest BCUT2D eigenvalue weighted by molar-refractivity contribution is 0.768. The second-order valence-electron chi connectivity index (χ2n) is 4.83. The van der Waals surface area contributed by atoms with E-state index in [0.717, 1.165) is 5.56 Å². The van der Waals surface area contributed by atoms with Crippen LogP contribution in [0.15, 0.2) is 53.3 Å². The van der Waals surface area contributed by atoms with Crippen molar-refractivity contribution >= 4 is 47.4 Å². The van der Waals surface area contributed by atoms with Crippen LogP contribution in [0.3, 0.4) is 0 Å². The third kappa shape index (κ3) is 1.79. The van der Waals surface area contributed by atoms with Crippen molar-refractivity contribution in [1.29, 1.82) is 0 Å². The Bertz CT molecular complexity index is 936. The largest absolute Gasteiger partial charge is 0.275 e. The molecule has 0 amide bonds. The number of benzene rings is 2. The molecule has 4 aromatic rings. The van der Waals surface area contributed by atoms with E-state index in [-0.39, 0.29) is 0 Å². The molecule has 0 atom stereocenters. The number of fused-ring (bicyclic) bond motifs is 3. The van der Waals surface area contributed by atoms with Crippen LogP contribution in [-0.4, -0.2) is 9.78 Å². The molecule has 4 heteroatoms. The first-order chi connectivity index (χ1) is 9.72. The summed E-state index contributed by atoms with van der Waals surface area (Å²) >= 11 is 5.47. The third-order valence-electron chi connectivity index (χ3n) is 3.49. The number of aryl methyl sites for hydroxylation is 1. The molecular weight excluding hydrogens is 332 g/mol. The average molecular weight is 343 g/mol. The molecule has 98 valence electrons. The Hall–Kier alpha value is -1.65. The van der Waals surface area contributed by atoms with E-state index in [1.165, 1.54) is 30.2 Å². The summed E-state index contributed by atoms with van der Waals surface area (Å²) in [6.07, 6.45) is 3.96. The van der Waals surface area contributed by atoms with Gasteiger partial charge in [0.15, 0.2) is 0 Å². The van der Waals surface area contributed by atoms with Gasteiger partial charge < -0.3 is 0 Å². The standard InChI is InChI=1S/C16H11BrN2S/c1-19-9-11(8-18-19)10-5-6-15-13(7-10)12-3-2-4-14(17)16(12)20-15/h2-9H,1H3. The Morgan fingerprint density at radius 2 is 2.00 bits per heavy atom. The molecule has 2 heterocycles. The molecule has 2 aromatic heterocycles. The molecule has 0 saturated carbocycles. The van der Waals surface area contributed by atoms with Gasteiger partial charge in [-0.25, -0.2) is 0 Å². The van der Waals surface area contributed by atoms with Crippen LogP contribution in [0.2, 0.25) is 0 Å². The Morgan fingerprint density at radius 3 is 2.80 bits per heavy atom. The summed E-state index contributed by atoms with van der Waals surface area (Å²) in [5.41, 5.74) is 2.37. The zero-order chi connectivity index (χ0) is 13.7. The zero-order valence-corrected chi connectivity index (χ0v) is 13.2. The lowest BCUT2D eigenvalue weighted by Crippen LogP contribution is -1.84. The van der Waals surface area contributed by atoms with Gasteiger partial charge in [-0.15, -0.1) is 11.3 Å². The molecular formula is C16H11BrN2S. The van der Waals surface area contributed by atoms with Gasteiger partial charge in [0, 0.05) is 43.5 Å². The normalized spacial score (nSPS) is 11.5. The van der Waals surface area contributed by atoms with E-state index in [9.17, 15) is 0 Å². The summed E-state index contributed by atoms with van der Waals surface area (Å²) < 4.78 is 5.63. The minimum atomic E-state index is 1.16. The quantitative estimate of drug-likeness (QED) is 0.463. The summed E-state index contributed by atoms with van der Waals surface area (Å²) in [5.74, 6) is 0. The van der Waals surface area contributed by atoms with E-state index < -0.39 is 0 Å². The van der Waals surface area contributed by atoms with Crippen LogP contribution in [0.4, 0.5) is 0 Å². The molecule has 0 bridgehead atoms. The fourth-order valence-corrected chi connectivity index (χ4v) is 4.21. The van der Waals surface area contributed by atoms with Crippen molar-refractivity contribution in [2.75, 3.05) is 0 Å². The molecule has 0 aliphatic carbocycles. The summed E-state index contributed by atoms with van der Waals surface area (Å²) in [6.45, 7) is 0. The van der Waals surface area contributed by atoms with Crippen molar-refractivity contribution in [3.8, 4) is 11.1 Å². The minimum Gasteiger partial charge on any atom is -0.275 e. The molecule has 2 aromatic carbocycles. The number of nitrogens with zero attached hydrogens (tertiary/aromatic N) is 2. The topological polar surface area (TPSA) is 17.8 Å². The molecule has 0 N–H and O–H groups in total. The van der Waals surface area contributed by atoms with Crippen molar-refractivity contribution in [2.24, 2.45) is 7.05 Å². The molecule has 0 fully saturated rings. The van der Waals surface area contributed by atoms with Crippen LogP contribution in [0.1, 0.15) is 0 Å². The fourth-order valence-electron chi connectivity index (χ4n) is 2.51. The highest BCUT2D eigenvalue weighted by Crippen LogP contribution is 2.39. The van der Waals surface area contributed by atoms with Gasteiger partial charge in [0.25, 0.3) is 0 Å². The summed E-state index contributed by atoms with van der Waals surface area (Å²) in [7, 11) is 1.94. The van der Waals surface area contributed by atoms with Gasteiger partial charge in [0.2, 0.25) is 0 Å². The lowest BCUT2D eigenvalue weighted by atomic mass is 10.1. The molecule has 20 heavy (non-hydrogen) atoms. The first-order valence-electron chi connectivity index (χ1n) is 6.32. The van der Waals surface area contributed by atoms with Crippen molar-refractivity contribution in [3.05, 3.63) is 53.3 Å². The number of hydrogen-bond acceptors (Lipinski definition) is 2. The van der Waals surface area contributed by atoms with Crippen molar-refractivity contribution in [2.45, 2.75) is 0 Å². The number of halogens is 1. The van der Waals surface area contributed by atoms with Crippen LogP contribution in [0.5, 0.6) is 0 Å². The summed E-state index contributed by atoms with van der Waals surface area (Å²) in [4.78, 5) is 0. The highest BCUT2D eigenvalue weighted by molar-refractivity contribution is 9.10. The first kappa shape index (κ1) is 12.1. The van der Waals surface area contributed by atoms with E-state index in [0.29, 0.717) is 0 Å². The smallest absolute Gasteiger partial charge is 0.0568 e. The fraction of sp³-hybridized carbons (Fsp3) is 0.0625. The van der Waals surface area contributed by atoms with Crippen molar-refractivity contribution in [1.82, 2.24) is 9.78 Å². The number of hydrogen-bond donors (Lipinski definition) is 0. The Labute approximate surface area is 128 Å². The summed E-state index contributed by atoms with van der Waals surface area (Å²) in [5, 5.41) is 6.87. The monoisotopic (exact) mass is 342 g/mol. The molecule has 0 aliphatic heterocycles. The van der Waals surface area contributed by atoms with Crippen molar-refractivity contribution in [3.63, 3.8) is 0 Å². The van der Waals surface area contributed by atoms with Gasteiger partial charge >= 0.3 is 0 Å². The van der Waals surface area contributed by atoms with E-state index >= 15 is 0 Å². The maximum absolute atomic E-state index is 4.25. The van der Waals surface area contributed by atoms with E-state index in [4.69, 9.17) is 0 Å². The maximum Gasteiger partial charge on any atom is 0.0568 e. The third-order valence-corrected chi connectivity index (χ3v) is 5.63. The first-order valence-corrected chi connectivity index (χ1v) is 7.93. The molecule has 0 aliphatic rings. The Morgan fingerprint density at radius 1 is 1.10 bits per heavy atom. The van der Waals surface area contributed by atoms with E-state index in [1.807, 2.05) is 35.5 Å². The molecule has 0 radical (unpaired) electrons. The van der Waals surface area contributed by atoms with Crippen LogP contribution in [0.25, 0.3) is 31.3 Å². The lowest BCUT2D eigenvalue weighted by Gasteiger charge is -1.98. The van der Waals surface area contributed by atoms with Gasteiger partial charge in [-0.05, 0) is 39.7 Å². The SMILES string of the molecule is Cn1cc(-c2ccc3sc4c(Br)cccc4c3c2)cn1. The Kier molecular flexibility index (Phi) is 2.69. The van der Waals surface area contributed by atoms with E-state index in [2.05, 4.69) is 57.4 Å². The van der Waals surface area contributed by atoms with E-state index in [1.54, 1.807) is 0 Å². The van der Waals surface area contributed by atoms with Gasteiger partial charge in [-0.2, -0.15) is 5.10 Å². The van der Waals surface area contributed by atoms with Gasteiger partial charge in [0.1, 0.15) is 0 Å². The average Bonchev–Trinajstić information content (AvgIpc) is 3.03.